The highest BCUT2D eigenvalue weighted by molar-refractivity contribution is 5.97. The van der Waals surface area contributed by atoms with Gasteiger partial charge in [0.25, 0.3) is 5.91 Å². The second-order valence-corrected chi connectivity index (χ2v) is 4.93. The highest BCUT2D eigenvalue weighted by Gasteiger charge is 2.22. The van der Waals surface area contributed by atoms with E-state index in [2.05, 4.69) is 0 Å². The summed E-state index contributed by atoms with van der Waals surface area (Å²) in [6, 6.07) is 4.87. The normalized spacial score (nSPS) is 11.2. The van der Waals surface area contributed by atoms with Gasteiger partial charge in [-0.1, -0.05) is 0 Å². The Hall–Kier alpha value is -1.75. The molecule has 1 rings (SSSR count). The number of ether oxygens (including phenoxy) is 1. The molecule has 0 aliphatic rings. The third-order valence-corrected chi connectivity index (χ3v) is 2.43. The monoisotopic (exact) mass is 252 g/mol. The van der Waals surface area contributed by atoms with Crippen LogP contribution in [0.1, 0.15) is 24.2 Å². The number of methoxy groups -OCH3 is 1. The number of hydrogen-bond acceptors (Lipinski definition) is 4. The minimum atomic E-state index is -0.939. The topological polar surface area (TPSA) is 75.8 Å². The van der Waals surface area contributed by atoms with Crippen LogP contribution in [0.15, 0.2) is 18.2 Å². The number of benzene rings is 1. The molecule has 1 amide bonds. The van der Waals surface area contributed by atoms with E-state index in [-0.39, 0.29) is 12.5 Å². The fourth-order valence-corrected chi connectivity index (χ4v) is 1.74. The summed E-state index contributed by atoms with van der Waals surface area (Å²) < 4.78 is 5.14. The van der Waals surface area contributed by atoms with Gasteiger partial charge in [-0.25, -0.2) is 0 Å². The Morgan fingerprint density at radius 3 is 2.61 bits per heavy atom. The van der Waals surface area contributed by atoms with E-state index >= 15 is 0 Å². The van der Waals surface area contributed by atoms with E-state index < -0.39 is 5.60 Å². The lowest BCUT2D eigenvalue weighted by molar-refractivity contribution is 0.0366. The molecule has 0 aliphatic carbocycles. The first-order valence-electron chi connectivity index (χ1n) is 5.66. The van der Waals surface area contributed by atoms with E-state index in [9.17, 15) is 9.90 Å². The summed E-state index contributed by atoms with van der Waals surface area (Å²) in [6.07, 6.45) is 0. The maximum atomic E-state index is 12.2. The van der Waals surface area contributed by atoms with E-state index in [0.717, 1.165) is 0 Å². The average Bonchev–Trinajstić information content (AvgIpc) is 2.25. The molecule has 0 aromatic heterocycles. The number of rotatable bonds is 4. The van der Waals surface area contributed by atoms with Crippen molar-refractivity contribution in [1.82, 2.24) is 4.90 Å². The molecule has 0 aliphatic heterocycles. The quantitative estimate of drug-likeness (QED) is 0.787. The lowest BCUT2D eigenvalue weighted by Gasteiger charge is -2.26. The number of anilines is 1. The van der Waals surface area contributed by atoms with E-state index in [0.29, 0.717) is 17.0 Å². The van der Waals surface area contributed by atoms with Crippen LogP contribution in [0.3, 0.4) is 0 Å². The van der Waals surface area contributed by atoms with Crippen LogP contribution in [0, 0.1) is 0 Å². The third kappa shape index (κ3) is 3.63. The first-order valence-corrected chi connectivity index (χ1v) is 5.66. The molecule has 0 saturated heterocycles. The Balaban J connectivity index is 2.96. The molecule has 18 heavy (non-hydrogen) atoms. The SMILES string of the molecule is COc1cc(N)ccc1C(=O)N(C)CC(C)(C)O. The molecule has 1 aromatic carbocycles. The van der Waals surface area contributed by atoms with Crippen LogP contribution in [0.25, 0.3) is 0 Å². The molecule has 0 fully saturated rings. The number of carbonyl (C=O) groups excluding carboxylic acids is 1. The summed E-state index contributed by atoms with van der Waals surface area (Å²) in [7, 11) is 3.12. The van der Waals surface area contributed by atoms with Crippen LogP contribution in [-0.2, 0) is 0 Å². The molecule has 3 N–H and O–H groups in total. The number of hydrogen-bond donors (Lipinski definition) is 2. The van der Waals surface area contributed by atoms with Crippen molar-refractivity contribution in [2.75, 3.05) is 26.4 Å². The van der Waals surface area contributed by atoms with Gasteiger partial charge in [0, 0.05) is 25.3 Å². The molecule has 0 atom stereocenters. The van der Waals surface area contributed by atoms with Crippen LogP contribution in [0.2, 0.25) is 0 Å². The summed E-state index contributed by atoms with van der Waals surface area (Å²) in [5.74, 6) is 0.219. The average molecular weight is 252 g/mol. The highest BCUT2D eigenvalue weighted by Crippen LogP contribution is 2.23. The van der Waals surface area contributed by atoms with E-state index in [4.69, 9.17) is 10.5 Å². The summed E-state index contributed by atoms with van der Waals surface area (Å²) in [4.78, 5) is 13.7. The minimum Gasteiger partial charge on any atom is -0.496 e. The standard InChI is InChI=1S/C13H20N2O3/c1-13(2,17)8-15(3)12(16)10-6-5-9(14)7-11(10)18-4/h5-7,17H,8,14H2,1-4H3. The zero-order chi connectivity index (χ0) is 13.9. The number of nitrogens with two attached hydrogens (primary N) is 1. The number of nitrogen functional groups attached to an aromatic ring is 1. The number of nitrogens with zero attached hydrogens (tertiary/aromatic N) is 1. The molecule has 0 heterocycles. The van der Waals surface area contributed by atoms with E-state index in [1.54, 1.807) is 39.1 Å². The van der Waals surface area contributed by atoms with Gasteiger partial charge in [0.05, 0.1) is 18.3 Å². The maximum Gasteiger partial charge on any atom is 0.257 e. The van der Waals surface area contributed by atoms with E-state index in [1.807, 2.05) is 0 Å². The van der Waals surface area contributed by atoms with Gasteiger partial charge in [0.1, 0.15) is 5.75 Å². The second kappa shape index (κ2) is 5.27. The largest absolute Gasteiger partial charge is 0.496 e. The fourth-order valence-electron chi connectivity index (χ4n) is 1.74. The lowest BCUT2D eigenvalue weighted by Crippen LogP contribution is -2.39. The van der Waals surface area contributed by atoms with Gasteiger partial charge in [-0.2, -0.15) is 0 Å². The van der Waals surface area contributed by atoms with Crippen molar-refractivity contribution in [3.05, 3.63) is 23.8 Å². The van der Waals surface area contributed by atoms with Crippen molar-refractivity contribution in [3.63, 3.8) is 0 Å². The number of likely N-dealkylation sites (N-methyl/N-ethyl adjacent to an activating group) is 1. The molecule has 0 spiro atoms. The Morgan fingerprint density at radius 1 is 1.50 bits per heavy atom. The van der Waals surface area contributed by atoms with Crippen molar-refractivity contribution < 1.29 is 14.6 Å². The van der Waals surface area contributed by atoms with Crippen molar-refractivity contribution in [3.8, 4) is 5.75 Å². The molecule has 5 nitrogen and oxygen atoms in total. The number of carbonyl (C=O) groups is 1. The Labute approximate surface area is 107 Å². The van der Waals surface area contributed by atoms with Gasteiger partial charge in [0.2, 0.25) is 0 Å². The van der Waals surface area contributed by atoms with Crippen molar-refractivity contribution in [2.45, 2.75) is 19.4 Å². The van der Waals surface area contributed by atoms with Crippen LogP contribution in [0.4, 0.5) is 5.69 Å². The molecular formula is C13H20N2O3. The molecule has 100 valence electrons. The first-order chi connectivity index (χ1) is 8.24. The van der Waals surface area contributed by atoms with Gasteiger partial charge in [-0.15, -0.1) is 0 Å². The predicted molar refractivity (Wildman–Crippen MR) is 70.7 cm³/mol. The van der Waals surface area contributed by atoms with Gasteiger partial charge in [0.15, 0.2) is 0 Å². The van der Waals surface area contributed by atoms with Crippen molar-refractivity contribution in [2.24, 2.45) is 0 Å². The van der Waals surface area contributed by atoms with Gasteiger partial charge >= 0.3 is 0 Å². The smallest absolute Gasteiger partial charge is 0.257 e. The van der Waals surface area contributed by atoms with E-state index in [1.165, 1.54) is 12.0 Å². The Kier molecular flexibility index (Phi) is 4.19. The minimum absolute atomic E-state index is 0.214. The van der Waals surface area contributed by atoms with Crippen LogP contribution >= 0.6 is 0 Å². The molecular weight excluding hydrogens is 232 g/mol. The molecule has 5 heteroatoms. The first kappa shape index (κ1) is 14.3. The van der Waals surface area contributed by atoms with Crippen molar-refractivity contribution >= 4 is 11.6 Å². The van der Waals surface area contributed by atoms with Crippen LogP contribution in [-0.4, -0.2) is 42.2 Å². The predicted octanol–water partition coefficient (Wildman–Crippen LogP) is 1.12. The summed E-state index contributed by atoms with van der Waals surface area (Å²) >= 11 is 0. The van der Waals surface area contributed by atoms with Crippen LogP contribution < -0.4 is 10.5 Å². The maximum absolute atomic E-state index is 12.2. The molecule has 0 radical (unpaired) electrons. The lowest BCUT2D eigenvalue weighted by atomic mass is 10.1. The summed E-state index contributed by atoms with van der Waals surface area (Å²) in [5, 5.41) is 9.71. The summed E-state index contributed by atoms with van der Waals surface area (Å²) in [6.45, 7) is 3.54. The highest BCUT2D eigenvalue weighted by atomic mass is 16.5. The fraction of sp³-hybridized carbons (Fsp3) is 0.462. The van der Waals surface area contributed by atoms with Gasteiger partial charge < -0.3 is 20.5 Å². The summed E-state index contributed by atoms with van der Waals surface area (Å²) in [5.41, 5.74) is 5.66. The molecule has 0 saturated carbocycles. The van der Waals surface area contributed by atoms with Crippen LogP contribution in [0.5, 0.6) is 5.75 Å². The van der Waals surface area contributed by atoms with Gasteiger partial charge in [-0.3, -0.25) is 4.79 Å². The molecule has 0 bridgehead atoms. The van der Waals surface area contributed by atoms with Crippen molar-refractivity contribution in [1.29, 1.82) is 0 Å². The molecule has 0 unspecified atom stereocenters. The molecule has 1 aromatic rings. The van der Waals surface area contributed by atoms with Gasteiger partial charge in [-0.05, 0) is 26.0 Å². The Morgan fingerprint density at radius 2 is 2.11 bits per heavy atom. The number of aliphatic hydroxyl groups is 1. The zero-order valence-corrected chi connectivity index (χ0v) is 11.2. The zero-order valence-electron chi connectivity index (χ0n) is 11.2. The Bertz CT molecular complexity index is 438. The second-order valence-electron chi connectivity index (χ2n) is 4.93. The third-order valence-electron chi connectivity index (χ3n) is 2.43. The number of amides is 1.